The molecule has 6 heteroatoms. The van der Waals surface area contributed by atoms with Crippen molar-refractivity contribution in [1.29, 1.82) is 0 Å². The Kier molecular flexibility index (Phi) is 3.53. The molecule has 2 rings (SSSR count). The molecule has 0 radical (unpaired) electrons. The molecule has 1 aromatic rings. The maximum absolute atomic E-state index is 10.9. The lowest BCUT2D eigenvalue weighted by molar-refractivity contribution is -0.388. The number of anilines is 1. The molecule has 1 aromatic heterocycles. The number of aromatic nitrogens is 1. The van der Waals surface area contributed by atoms with Crippen LogP contribution in [0.1, 0.15) is 19.3 Å². The van der Waals surface area contributed by atoms with Gasteiger partial charge in [0.1, 0.15) is 11.9 Å². The molecule has 1 aliphatic heterocycles. The Morgan fingerprint density at radius 2 is 2.41 bits per heavy atom. The number of pyridine rings is 1. The number of nitrogens with two attached hydrogens (primary N) is 1. The van der Waals surface area contributed by atoms with Crippen molar-refractivity contribution < 1.29 is 4.92 Å². The molecule has 0 bridgehead atoms. The highest BCUT2D eigenvalue weighted by Gasteiger charge is 2.27. The number of rotatable bonds is 3. The predicted molar refractivity (Wildman–Crippen MR) is 64.9 cm³/mol. The Morgan fingerprint density at radius 3 is 3.12 bits per heavy atom. The lowest BCUT2D eigenvalue weighted by Gasteiger charge is -2.36. The number of nitro groups is 1. The van der Waals surface area contributed by atoms with E-state index in [1.165, 1.54) is 6.20 Å². The Hall–Kier alpha value is -1.69. The maximum Gasteiger partial charge on any atom is 0.387 e. The van der Waals surface area contributed by atoms with Gasteiger partial charge in [-0.3, -0.25) is 0 Å². The molecule has 0 amide bonds. The summed E-state index contributed by atoms with van der Waals surface area (Å²) in [6, 6.07) is 3.66. The molecular formula is C11H16N4O2. The third-order valence-corrected chi connectivity index (χ3v) is 3.15. The minimum Gasteiger partial charge on any atom is -0.360 e. The summed E-state index contributed by atoms with van der Waals surface area (Å²) in [7, 11) is 0. The van der Waals surface area contributed by atoms with Gasteiger partial charge in [0, 0.05) is 19.1 Å². The minimum absolute atomic E-state index is 0.0761. The summed E-state index contributed by atoms with van der Waals surface area (Å²) in [6.07, 6.45) is 4.61. The van der Waals surface area contributed by atoms with Crippen molar-refractivity contribution in [2.75, 3.05) is 18.0 Å². The number of hydrogen-bond acceptors (Lipinski definition) is 5. The molecule has 0 saturated carbocycles. The van der Waals surface area contributed by atoms with Crippen LogP contribution in [0.3, 0.4) is 0 Å². The van der Waals surface area contributed by atoms with Gasteiger partial charge in [0.25, 0.3) is 0 Å². The molecule has 92 valence electrons. The van der Waals surface area contributed by atoms with Crippen LogP contribution in [-0.2, 0) is 0 Å². The van der Waals surface area contributed by atoms with Gasteiger partial charge in [-0.05, 0) is 41.3 Å². The number of hydrogen-bond donors (Lipinski definition) is 1. The molecule has 17 heavy (non-hydrogen) atoms. The Bertz CT molecular complexity index is 410. The maximum atomic E-state index is 10.9. The minimum atomic E-state index is -0.433. The average molecular weight is 236 g/mol. The van der Waals surface area contributed by atoms with E-state index in [0.717, 1.165) is 25.8 Å². The van der Waals surface area contributed by atoms with Crippen LogP contribution in [0, 0.1) is 10.1 Å². The summed E-state index contributed by atoms with van der Waals surface area (Å²) in [6.45, 7) is 1.33. The summed E-state index contributed by atoms with van der Waals surface area (Å²) in [5.41, 5.74) is 6.32. The van der Waals surface area contributed by atoms with E-state index in [-0.39, 0.29) is 11.9 Å². The molecule has 0 spiro atoms. The zero-order valence-corrected chi connectivity index (χ0v) is 9.58. The highest BCUT2D eigenvalue weighted by molar-refractivity contribution is 5.59. The van der Waals surface area contributed by atoms with E-state index in [9.17, 15) is 10.1 Å². The quantitative estimate of drug-likeness (QED) is 0.631. The largest absolute Gasteiger partial charge is 0.387 e. The molecule has 6 nitrogen and oxygen atoms in total. The first-order valence-corrected chi connectivity index (χ1v) is 5.80. The zero-order chi connectivity index (χ0) is 12.3. The smallest absolute Gasteiger partial charge is 0.360 e. The van der Waals surface area contributed by atoms with Crippen LogP contribution in [0.25, 0.3) is 0 Å². The normalized spacial score (nSPS) is 20.3. The van der Waals surface area contributed by atoms with Crippen LogP contribution >= 0.6 is 0 Å². The van der Waals surface area contributed by atoms with Crippen molar-refractivity contribution >= 4 is 11.5 Å². The second-order valence-electron chi connectivity index (χ2n) is 4.18. The fraction of sp³-hybridized carbons (Fsp3) is 0.545. The van der Waals surface area contributed by atoms with Crippen LogP contribution < -0.4 is 10.6 Å². The molecule has 1 aliphatic rings. The fourth-order valence-electron chi connectivity index (χ4n) is 2.32. The van der Waals surface area contributed by atoms with E-state index >= 15 is 0 Å². The van der Waals surface area contributed by atoms with E-state index < -0.39 is 4.92 Å². The third kappa shape index (κ3) is 2.36. The zero-order valence-electron chi connectivity index (χ0n) is 9.58. The summed E-state index contributed by atoms with van der Waals surface area (Å²) in [4.78, 5) is 16.4. The first kappa shape index (κ1) is 11.8. The van der Waals surface area contributed by atoms with Crippen molar-refractivity contribution in [2.24, 2.45) is 5.73 Å². The lowest BCUT2D eigenvalue weighted by Crippen LogP contribution is -2.44. The van der Waals surface area contributed by atoms with Crippen molar-refractivity contribution in [3.8, 4) is 0 Å². The summed E-state index contributed by atoms with van der Waals surface area (Å²) in [5.74, 6) is -0.0761. The van der Waals surface area contributed by atoms with Gasteiger partial charge in [0.15, 0.2) is 0 Å². The van der Waals surface area contributed by atoms with Crippen molar-refractivity contribution in [3.63, 3.8) is 0 Å². The van der Waals surface area contributed by atoms with Crippen LogP contribution in [0.4, 0.5) is 11.5 Å². The predicted octanol–water partition coefficient (Wildman–Crippen LogP) is 1.31. The fourth-order valence-corrected chi connectivity index (χ4v) is 2.32. The molecule has 2 N–H and O–H groups in total. The molecule has 2 heterocycles. The van der Waals surface area contributed by atoms with Gasteiger partial charge in [0.05, 0.1) is 0 Å². The van der Waals surface area contributed by atoms with Gasteiger partial charge >= 0.3 is 5.82 Å². The van der Waals surface area contributed by atoms with E-state index in [2.05, 4.69) is 4.98 Å². The highest BCUT2D eigenvalue weighted by Crippen LogP contribution is 2.30. The molecule has 0 aromatic carbocycles. The van der Waals surface area contributed by atoms with Crippen LogP contribution in [0.5, 0.6) is 0 Å². The monoisotopic (exact) mass is 236 g/mol. The second kappa shape index (κ2) is 5.09. The van der Waals surface area contributed by atoms with E-state index in [4.69, 9.17) is 5.73 Å². The lowest BCUT2D eigenvalue weighted by atomic mass is 10.0. The SMILES string of the molecule is NCC1CCCCN1c1cccnc1[N+](=O)[O-]. The van der Waals surface area contributed by atoms with Gasteiger partial charge < -0.3 is 20.7 Å². The number of nitrogens with zero attached hydrogens (tertiary/aromatic N) is 3. The summed E-state index contributed by atoms with van der Waals surface area (Å²) < 4.78 is 0. The molecule has 1 atom stereocenters. The van der Waals surface area contributed by atoms with Gasteiger partial charge in [0.2, 0.25) is 0 Å². The van der Waals surface area contributed by atoms with Gasteiger partial charge in [-0.1, -0.05) is 0 Å². The highest BCUT2D eigenvalue weighted by atomic mass is 16.6. The number of piperidine rings is 1. The van der Waals surface area contributed by atoms with Gasteiger partial charge in [-0.25, -0.2) is 0 Å². The van der Waals surface area contributed by atoms with Gasteiger partial charge in [-0.15, -0.1) is 0 Å². The van der Waals surface area contributed by atoms with Crippen LogP contribution in [0.15, 0.2) is 18.3 Å². The molecule has 1 saturated heterocycles. The Morgan fingerprint density at radius 1 is 1.59 bits per heavy atom. The first-order valence-electron chi connectivity index (χ1n) is 5.80. The van der Waals surface area contributed by atoms with Crippen molar-refractivity contribution in [1.82, 2.24) is 4.98 Å². The van der Waals surface area contributed by atoms with E-state index in [1.54, 1.807) is 12.1 Å². The second-order valence-corrected chi connectivity index (χ2v) is 4.18. The summed E-state index contributed by atoms with van der Waals surface area (Å²) in [5, 5.41) is 10.9. The molecule has 1 fully saturated rings. The molecular weight excluding hydrogens is 220 g/mol. The van der Waals surface area contributed by atoms with Crippen LogP contribution in [-0.4, -0.2) is 29.0 Å². The molecule has 1 unspecified atom stereocenters. The van der Waals surface area contributed by atoms with Crippen molar-refractivity contribution in [3.05, 3.63) is 28.4 Å². The third-order valence-electron chi connectivity index (χ3n) is 3.15. The van der Waals surface area contributed by atoms with Gasteiger partial charge in [-0.2, -0.15) is 0 Å². The molecule has 0 aliphatic carbocycles. The average Bonchev–Trinajstić information content (AvgIpc) is 2.38. The van der Waals surface area contributed by atoms with E-state index in [0.29, 0.717) is 12.2 Å². The Labute approximate surface area is 99.6 Å². The topological polar surface area (TPSA) is 85.3 Å². The van der Waals surface area contributed by atoms with Crippen molar-refractivity contribution in [2.45, 2.75) is 25.3 Å². The summed E-state index contributed by atoms with van der Waals surface area (Å²) >= 11 is 0. The first-order chi connectivity index (χ1) is 8.24. The van der Waals surface area contributed by atoms with E-state index in [1.807, 2.05) is 4.90 Å². The standard InChI is InChI=1S/C11H16N4O2/c12-8-9-4-1-2-7-14(9)10-5-3-6-13-11(10)15(16)17/h3,5-6,9H,1-2,4,7-8,12H2. The Balaban J connectivity index is 2.34. The van der Waals surface area contributed by atoms with Crippen LogP contribution in [0.2, 0.25) is 0 Å².